The summed E-state index contributed by atoms with van der Waals surface area (Å²) in [5.74, 6) is 0. The van der Waals surface area contributed by atoms with E-state index in [0.717, 1.165) is 17.2 Å². The first-order valence-corrected chi connectivity index (χ1v) is 4.97. The van der Waals surface area contributed by atoms with Gasteiger partial charge in [0.25, 0.3) is 0 Å². The van der Waals surface area contributed by atoms with Crippen LogP contribution >= 0.6 is 12.2 Å². The van der Waals surface area contributed by atoms with Gasteiger partial charge in [-0.1, -0.05) is 30.4 Å². The van der Waals surface area contributed by atoms with E-state index in [1.165, 1.54) is 10.9 Å². The van der Waals surface area contributed by atoms with Crippen molar-refractivity contribution < 1.29 is 0 Å². The van der Waals surface area contributed by atoms with Crippen LogP contribution in [0.5, 0.6) is 0 Å². The van der Waals surface area contributed by atoms with E-state index in [0.29, 0.717) is 0 Å². The molecule has 0 saturated carbocycles. The van der Waals surface area contributed by atoms with Crippen molar-refractivity contribution in [2.24, 2.45) is 0 Å². The fraction of sp³-hybridized carbons (Fsp3) is 0.182. The molecular weight excluding hydrogens is 192 g/mol. The molecule has 2 aromatic rings. The van der Waals surface area contributed by atoms with Crippen LogP contribution in [0.2, 0.25) is 0 Å². The summed E-state index contributed by atoms with van der Waals surface area (Å²) in [5, 5.41) is 4.36. The molecule has 0 amide bonds. The highest BCUT2D eigenvalue weighted by Crippen LogP contribution is 2.14. The maximum Gasteiger partial charge on any atom is 0.0725 e. The van der Waals surface area contributed by atoms with Crippen LogP contribution in [0, 0.1) is 0 Å². The minimum absolute atomic E-state index is 0.768. The quantitative estimate of drug-likeness (QED) is 0.736. The molecule has 0 aliphatic carbocycles. The summed E-state index contributed by atoms with van der Waals surface area (Å²) in [4.78, 5) is 4.15. The summed E-state index contributed by atoms with van der Waals surface area (Å²) in [6.07, 6.45) is 0. The van der Waals surface area contributed by atoms with Gasteiger partial charge in [0, 0.05) is 11.2 Å². The smallest absolute Gasteiger partial charge is 0.0725 e. The number of rotatable bonds is 2. The van der Waals surface area contributed by atoms with Gasteiger partial charge in [-0.25, -0.2) is 0 Å². The Kier molecular flexibility index (Phi) is 2.50. The van der Waals surface area contributed by atoms with Crippen molar-refractivity contribution in [1.82, 2.24) is 10.3 Å². The first-order valence-electron chi connectivity index (χ1n) is 4.57. The van der Waals surface area contributed by atoms with E-state index in [1.807, 2.05) is 19.1 Å². The van der Waals surface area contributed by atoms with Crippen molar-refractivity contribution in [3.8, 4) is 0 Å². The highest BCUT2D eigenvalue weighted by atomic mass is 32.1. The second-order valence-electron chi connectivity index (χ2n) is 3.29. The van der Waals surface area contributed by atoms with Crippen LogP contribution in [0.4, 0.5) is 0 Å². The molecule has 2 nitrogen and oxygen atoms in total. The number of hydrogen-bond acceptors (Lipinski definition) is 1. The van der Waals surface area contributed by atoms with Crippen LogP contribution < -0.4 is 5.32 Å². The summed E-state index contributed by atoms with van der Waals surface area (Å²) in [6, 6.07) is 10.4. The maximum absolute atomic E-state index is 4.95. The molecule has 0 saturated heterocycles. The Labute approximate surface area is 88.3 Å². The molecular formula is C11H12N2S. The van der Waals surface area contributed by atoms with Gasteiger partial charge in [-0.15, -0.1) is 0 Å². The zero-order chi connectivity index (χ0) is 9.97. The van der Waals surface area contributed by atoms with E-state index in [1.54, 1.807) is 0 Å². The van der Waals surface area contributed by atoms with Crippen LogP contribution in [0.3, 0.4) is 0 Å². The van der Waals surface area contributed by atoms with Gasteiger partial charge in [-0.05, 0) is 24.4 Å². The third kappa shape index (κ3) is 1.93. The number of H-pyrrole nitrogens is 1. The van der Waals surface area contributed by atoms with Crippen molar-refractivity contribution in [2.75, 3.05) is 0 Å². The number of para-hydroxylation sites is 1. The number of hydrogen-bond donors (Lipinski definition) is 2. The van der Waals surface area contributed by atoms with Crippen LogP contribution in [-0.4, -0.2) is 9.97 Å². The molecule has 1 aromatic carbocycles. The van der Waals surface area contributed by atoms with Crippen molar-refractivity contribution in [1.29, 1.82) is 0 Å². The van der Waals surface area contributed by atoms with E-state index in [2.05, 4.69) is 28.5 Å². The highest BCUT2D eigenvalue weighted by Gasteiger charge is 1.98. The third-order valence-corrected chi connectivity index (χ3v) is 2.26. The fourth-order valence-corrected chi connectivity index (χ4v) is 1.52. The molecule has 0 fully saturated rings. The molecule has 0 aliphatic heterocycles. The molecule has 0 aliphatic rings. The Balaban J connectivity index is 2.22. The van der Waals surface area contributed by atoms with Gasteiger partial charge in [0.2, 0.25) is 0 Å². The molecule has 0 bridgehead atoms. The van der Waals surface area contributed by atoms with Gasteiger partial charge in [0.1, 0.15) is 0 Å². The summed E-state index contributed by atoms with van der Waals surface area (Å²) >= 11 is 4.95. The number of benzene rings is 1. The molecule has 0 radical (unpaired) electrons. The molecule has 0 spiro atoms. The molecule has 0 unspecified atom stereocenters. The Morgan fingerprint density at radius 3 is 2.93 bits per heavy atom. The second kappa shape index (κ2) is 3.80. The lowest BCUT2D eigenvalue weighted by atomic mass is 10.2. The molecule has 2 N–H and O–H groups in total. The number of aromatic nitrogens is 1. The van der Waals surface area contributed by atoms with Crippen molar-refractivity contribution in [3.63, 3.8) is 0 Å². The number of aromatic amines is 1. The van der Waals surface area contributed by atoms with Crippen molar-refractivity contribution in [3.05, 3.63) is 36.0 Å². The Hall–Kier alpha value is -1.35. The van der Waals surface area contributed by atoms with Gasteiger partial charge in [-0.3, -0.25) is 0 Å². The van der Waals surface area contributed by atoms with Gasteiger partial charge in [0.05, 0.1) is 11.5 Å². The Morgan fingerprint density at radius 2 is 2.21 bits per heavy atom. The second-order valence-corrected chi connectivity index (χ2v) is 3.90. The normalized spacial score (nSPS) is 10.4. The molecule has 14 heavy (non-hydrogen) atoms. The summed E-state index contributed by atoms with van der Waals surface area (Å²) in [7, 11) is 0. The number of nitrogens with one attached hydrogen (secondary N) is 2. The summed E-state index contributed by atoms with van der Waals surface area (Å²) in [6.45, 7) is 2.65. The standard InChI is InChI=1S/C11H12N2S/c1-8(14)12-7-10-6-9-4-2-3-5-11(9)13-10/h2-6,13H,7H2,1H3,(H,12,14). The van der Waals surface area contributed by atoms with E-state index >= 15 is 0 Å². The maximum atomic E-state index is 4.95. The van der Waals surface area contributed by atoms with Crippen molar-refractivity contribution >= 4 is 28.1 Å². The summed E-state index contributed by atoms with van der Waals surface area (Å²) < 4.78 is 0. The van der Waals surface area contributed by atoms with Crippen LogP contribution in [-0.2, 0) is 6.54 Å². The number of fused-ring (bicyclic) bond motifs is 1. The Bertz CT molecular complexity index is 426. The van der Waals surface area contributed by atoms with Crippen LogP contribution in [0.25, 0.3) is 10.9 Å². The first-order chi connectivity index (χ1) is 6.75. The van der Waals surface area contributed by atoms with E-state index < -0.39 is 0 Å². The lowest BCUT2D eigenvalue weighted by Gasteiger charge is -1.99. The average Bonchev–Trinajstić information content (AvgIpc) is 2.57. The molecule has 1 heterocycles. The van der Waals surface area contributed by atoms with E-state index in [-0.39, 0.29) is 0 Å². The SMILES string of the molecule is CC(=S)NCc1cc2ccccc2[nH]1. The molecule has 2 rings (SSSR count). The first kappa shape index (κ1) is 9.21. The largest absolute Gasteiger partial charge is 0.374 e. The van der Waals surface area contributed by atoms with Gasteiger partial charge >= 0.3 is 0 Å². The number of thiocarbonyl (C=S) groups is 1. The predicted molar refractivity (Wildman–Crippen MR) is 63.4 cm³/mol. The average molecular weight is 204 g/mol. The van der Waals surface area contributed by atoms with Gasteiger partial charge < -0.3 is 10.3 Å². The van der Waals surface area contributed by atoms with E-state index in [9.17, 15) is 0 Å². The van der Waals surface area contributed by atoms with E-state index in [4.69, 9.17) is 12.2 Å². The van der Waals surface area contributed by atoms with Crippen LogP contribution in [0.1, 0.15) is 12.6 Å². The summed E-state index contributed by atoms with van der Waals surface area (Å²) in [5.41, 5.74) is 2.33. The zero-order valence-corrected chi connectivity index (χ0v) is 8.82. The monoisotopic (exact) mass is 204 g/mol. The molecule has 0 atom stereocenters. The third-order valence-electron chi connectivity index (χ3n) is 2.11. The lowest BCUT2D eigenvalue weighted by molar-refractivity contribution is 0.896. The Morgan fingerprint density at radius 1 is 1.43 bits per heavy atom. The molecule has 3 heteroatoms. The van der Waals surface area contributed by atoms with Crippen LogP contribution in [0.15, 0.2) is 30.3 Å². The minimum Gasteiger partial charge on any atom is -0.374 e. The highest BCUT2D eigenvalue weighted by molar-refractivity contribution is 7.80. The minimum atomic E-state index is 0.768. The fourth-order valence-electron chi connectivity index (χ4n) is 1.45. The van der Waals surface area contributed by atoms with Gasteiger partial charge in [-0.2, -0.15) is 0 Å². The molecule has 1 aromatic heterocycles. The topological polar surface area (TPSA) is 27.8 Å². The molecule has 72 valence electrons. The van der Waals surface area contributed by atoms with Gasteiger partial charge in [0.15, 0.2) is 0 Å². The van der Waals surface area contributed by atoms with Crippen molar-refractivity contribution in [2.45, 2.75) is 13.5 Å². The zero-order valence-electron chi connectivity index (χ0n) is 8.00. The predicted octanol–water partition coefficient (Wildman–Crippen LogP) is 2.60. The lowest BCUT2D eigenvalue weighted by Crippen LogP contribution is -2.17.